The Morgan fingerprint density at radius 2 is 1.53 bits per heavy atom. The van der Waals surface area contributed by atoms with Crippen LogP contribution in [0.4, 0.5) is 0 Å². The number of aliphatic hydroxyl groups excluding tert-OH is 4. The van der Waals surface area contributed by atoms with Crippen LogP contribution in [0.3, 0.4) is 0 Å². The molecule has 1 aromatic carbocycles. The third-order valence-electron chi connectivity index (χ3n) is 15.7. The third kappa shape index (κ3) is 8.62. The highest BCUT2D eigenvalue weighted by Crippen LogP contribution is 2.69. The van der Waals surface area contributed by atoms with Crippen molar-refractivity contribution in [2.75, 3.05) is 20.3 Å². The molecule has 0 amide bonds. The summed E-state index contributed by atoms with van der Waals surface area (Å²) in [5.41, 5.74) is -1.08. The normalized spacial score (nSPS) is 42.1. The molecule has 0 radical (unpaired) electrons. The molecule has 0 aromatic heterocycles. The first-order valence-corrected chi connectivity index (χ1v) is 22.6. The fourth-order valence-electron chi connectivity index (χ4n) is 12.1. The second-order valence-electron chi connectivity index (χ2n) is 19.7. The number of carbonyl (C=O) groups excluding carboxylic acids is 3. The molecule has 0 bridgehead atoms. The first kappa shape index (κ1) is 47.0. The first-order chi connectivity index (χ1) is 29.3. The molecule has 3 saturated carbocycles. The van der Waals surface area contributed by atoms with Gasteiger partial charge in [-0.15, -0.1) is 0 Å². The second-order valence-corrected chi connectivity index (χ2v) is 19.7. The number of benzene rings is 1. The van der Waals surface area contributed by atoms with Gasteiger partial charge >= 0.3 is 11.9 Å². The lowest BCUT2D eigenvalue weighted by Crippen LogP contribution is -2.64. The van der Waals surface area contributed by atoms with Crippen molar-refractivity contribution in [1.82, 2.24) is 0 Å². The summed E-state index contributed by atoms with van der Waals surface area (Å²) >= 11 is 0. The number of ether oxygens (including phenoxy) is 7. The average molecular weight is 873 g/mol. The number of rotatable bonds is 13. The molecule has 15 heteroatoms. The van der Waals surface area contributed by atoms with Crippen molar-refractivity contribution in [3.63, 3.8) is 0 Å². The molecular weight excluding hydrogens is 805 g/mol. The minimum Gasteiger partial charge on any atom is -0.497 e. The number of hydrogen-bond acceptors (Lipinski definition) is 15. The van der Waals surface area contributed by atoms with Gasteiger partial charge in [-0.2, -0.15) is 0 Å². The predicted molar refractivity (Wildman–Crippen MR) is 221 cm³/mol. The summed E-state index contributed by atoms with van der Waals surface area (Å²) in [6.07, 6.45) is -5.12. The number of esters is 2. The molecule has 5 fully saturated rings. The van der Waals surface area contributed by atoms with Crippen LogP contribution in [-0.4, -0.2) is 131 Å². The van der Waals surface area contributed by atoms with Crippen LogP contribution in [-0.2, 0) is 38.0 Å². The van der Waals surface area contributed by atoms with E-state index in [1.807, 2.05) is 0 Å². The van der Waals surface area contributed by atoms with Gasteiger partial charge in [0, 0.05) is 24.7 Å². The van der Waals surface area contributed by atoms with E-state index in [9.17, 15) is 39.9 Å². The van der Waals surface area contributed by atoms with Crippen LogP contribution in [0.25, 0.3) is 0 Å². The lowest BCUT2D eigenvalue weighted by molar-refractivity contribution is -0.345. The molecule has 7 rings (SSSR count). The molecule has 15 nitrogen and oxygen atoms in total. The van der Waals surface area contributed by atoms with E-state index in [-0.39, 0.29) is 53.6 Å². The van der Waals surface area contributed by atoms with Crippen LogP contribution in [0.5, 0.6) is 5.75 Å². The van der Waals surface area contributed by atoms with E-state index in [0.717, 1.165) is 25.7 Å². The van der Waals surface area contributed by atoms with Gasteiger partial charge in [0.1, 0.15) is 41.5 Å². The highest BCUT2D eigenvalue weighted by molar-refractivity contribution is 5.89. The Balaban J connectivity index is 1.18. The highest BCUT2D eigenvalue weighted by atomic mass is 16.8. The van der Waals surface area contributed by atoms with Crippen molar-refractivity contribution in [2.45, 2.75) is 166 Å². The van der Waals surface area contributed by atoms with Gasteiger partial charge in [-0.25, -0.2) is 4.79 Å². The zero-order chi connectivity index (χ0) is 44.9. The van der Waals surface area contributed by atoms with Crippen LogP contribution < -0.4 is 4.74 Å². The Morgan fingerprint density at radius 1 is 0.855 bits per heavy atom. The average Bonchev–Trinajstić information content (AvgIpc) is 3.47. The fraction of sp³-hybridized carbons (Fsp3) is 0.766. The second kappa shape index (κ2) is 18.5. The molecule has 17 atom stereocenters. The lowest BCUT2D eigenvalue weighted by Gasteiger charge is -2.59. The zero-order valence-corrected chi connectivity index (χ0v) is 37.1. The lowest BCUT2D eigenvalue weighted by atomic mass is 9.46. The van der Waals surface area contributed by atoms with Crippen LogP contribution in [0.1, 0.15) is 110 Å². The molecule has 62 heavy (non-hydrogen) atoms. The van der Waals surface area contributed by atoms with Crippen LogP contribution in [0.15, 0.2) is 35.9 Å². The van der Waals surface area contributed by atoms with Crippen molar-refractivity contribution >= 4 is 17.7 Å². The maximum atomic E-state index is 14.2. The number of fused-ring (bicyclic) bond motifs is 5. The van der Waals surface area contributed by atoms with Crippen LogP contribution in [0.2, 0.25) is 0 Å². The van der Waals surface area contributed by atoms with Crippen molar-refractivity contribution in [3.8, 4) is 5.75 Å². The van der Waals surface area contributed by atoms with Gasteiger partial charge in [-0.05, 0) is 105 Å². The number of methoxy groups -OCH3 is 1. The summed E-state index contributed by atoms with van der Waals surface area (Å²) in [4.78, 5) is 40.3. The summed E-state index contributed by atoms with van der Waals surface area (Å²) < 4.78 is 41.7. The Morgan fingerprint density at radius 3 is 2.19 bits per heavy atom. The molecule has 346 valence electrons. The topological polar surface area (TPSA) is 217 Å². The molecule has 0 unspecified atom stereocenters. The van der Waals surface area contributed by atoms with Gasteiger partial charge in [0.05, 0.1) is 38.1 Å². The zero-order valence-electron chi connectivity index (χ0n) is 37.1. The third-order valence-corrected chi connectivity index (χ3v) is 15.7. The summed E-state index contributed by atoms with van der Waals surface area (Å²) in [6, 6.07) is 6.05. The van der Waals surface area contributed by atoms with Gasteiger partial charge in [0.2, 0.25) is 0 Å². The summed E-state index contributed by atoms with van der Waals surface area (Å²) in [5.74, 6) is -1.30. The molecule has 5 N–H and O–H groups in total. The predicted octanol–water partition coefficient (Wildman–Crippen LogP) is 4.02. The van der Waals surface area contributed by atoms with Gasteiger partial charge in [0.15, 0.2) is 24.8 Å². The van der Waals surface area contributed by atoms with E-state index in [1.54, 1.807) is 19.1 Å². The summed E-state index contributed by atoms with van der Waals surface area (Å²) in [7, 11) is 1.48. The number of carbonyl (C=O) groups is 3. The van der Waals surface area contributed by atoms with Crippen molar-refractivity contribution < 1.29 is 73.1 Å². The van der Waals surface area contributed by atoms with Gasteiger partial charge in [-0.3, -0.25) is 9.59 Å². The highest BCUT2D eigenvalue weighted by Gasteiger charge is 2.70. The summed E-state index contributed by atoms with van der Waals surface area (Å²) in [6.45, 7) is 10.7. The van der Waals surface area contributed by atoms with Gasteiger partial charge in [0.25, 0.3) is 0 Å². The maximum absolute atomic E-state index is 14.2. The van der Waals surface area contributed by atoms with E-state index < -0.39 is 90.8 Å². The van der Waals surface area contributed by atoms with Crippen LogP contribution >= 0.6 is 0 Å². The van der Waals surface area contributed by atoms with Crippen molar-refractivity contribution in [3.05, 3.63) is 41.5 Å². The molecule has 4 aliphatic carbocycles. The smallest absolute Gasteiger partial charge is 0.338 e. The van der Waals surface area contributed by atoms with Gasteiger partial charge in [-0.1, -0.05) is 46.3 Å². The molecule has 2 heterocycles. The molecule has 6 aliphatic rings. The monoisotopic (exact) mass is 872 g/mol. The number of allylic oxidation sites excluding steroid dienone is 1. The Hall–Kier alpha value is -2.99. The molecule has 0 spiro atoms. The Labute approximate surface area is 364 Å². The molecule has 1 aromatic rings. The molecular formula is C47H68O15. The van der Waals surface area contributed by atoms with E-state index >= 15 is 0 Å². The quantitative estimate of drug-likeness (QED) is 0.140. The largest absolute Gasteiger partial charge is 0.497 e. The van der Waals surface area contributed by atoms with Gasteiger partial charge < -0.3 is 58.7 Å². The standard InChI is InChI=1S/C47H68O15/c1-24(2)8-15-34(50)25(3)47(55)37(21-33-31-14-11-28-20-29(49)16-18-45(28,5)32(31)17-19-46(33,47)6)60-44-41(59-26(4)48)39(36(52)23-58-44)62-43-40(38(53)35(51)22-57-43)61-42(54)27-9-12-30(56-7)13-10-27/h9-13,24-25,29,31-33,35-41,43-44,49,51-53,55H,8,14-23H2,1-7H3/t25-,29-,31+,32+,33-,35+,36+,37+,38-,39-,40+,41+,43-,44+,45+,46-,47+/m1/s1. The minimum atomic E-state index is -1.67. The first-order valence-electron chi connectivity index (χ1n) is 22.6. The Bertz CT molecular complexity index is 1800. The summed E-state index contributed by atoms with van der Waals surface area (Å²) in [5, 5.41) is 57.1. The SMILES string of the molecule is COc1ccc(C(=O)O[C@@H]2[C@@H](O[C@H]3[C@H](OC(C)=O)[C@H](O[C@H]4C[C@@H]5[C@H]6CC=C7C[C@H](O)CC[C@]7(C)[C@H]6CC[C@@]5(C)[C@]4(O)[C@H](C)C(=O)CCC(C)C)OC[C@@H]3O)OC[C@H](O)[C@H]2O)cc1. The van der Waals surface area contributed by atoms with E-state index in [0.29, 0.717) is 37.4 Å². The van der Waals surface area contributed by atoms with E-state index in [2.05, 4.69) is 33.8 Å². The van der Waals surface area contributed by atoms with Crippen molar-refractivity contribution in [1.29, 1.82) is 0 Å². The number of hydrogen-bond donors (Lipinski definition) is 5. The van der Waals surface area contributed by atoms with E-state index in [4.69, 9.17) is 33.2 Å². The maximum Gasteiger partial charge on any atom is 0.338 e. The molecule has 2 saturated heterocycles. The van der Waals surface area contributed by atoms with E-state index in [1.165, 1.54) is 31.7 Å². The van der Waals surface area contributed by atoms with Crippen LogP contribution in [0, 0.1) is 40.4 Å². The minimum absolute atomic E-state index is 0.0591. The van der Waals surface area contributed by atoms with Crippen molar-refractivity contribution in [2.24, 2.45) is 40.4 Å². The number of Topliss-reactive ketones (excluding diaryl/α,β-unsaturated/α-hetero) is 1. The fourth-order valence-corrected chi connectivity index (χ4v) is 12.1. The number of ketones is 1. The number of aliphatic hydroxyl groups is 5. The Kier molecular flexibility index (Phi) is 14.0. The molecule has 2 aliphatic heterocycles.